The van der Waals surface area contributed by atoms with Gasteiger partial charge >= 0.3 is 0 Å². The molecule has 0 bridgehead atoms. The summed E-state index contributed by atoms with van der Waals surface area (Å²) in [5, 5.41) is 6.35. The lowest BCUT2D eigenvalue weighted by molar-refractivity contribution is 0.320. The Balaban J connectivity index is 1.39. The monoisotopic (exact) mass is 363 g/mol. The molecule has 0 amide bonds. The van der Waals surface area contributed by atoms with Gasteiger partial charge in [0.2, 0.25) is 11.7 Å². The summed E-state index contributed by atoms with van der Waals surface area (Å²) in [7, 11) is 0. The third-order valence-corrected chi connectivity index (χ3v) is 5.03. The van der Waals surface area contributed by atoms with Crippen LogP contribution in [0.3, 0.4) is 0 Å². The number of benzene rings is 2. The minimum absolute atomic E-state index is 0.154. The number of rotatable bonds is 3. The number of hydrogen-bond acceptors (Lipinski definition) is 5. The van der Waals surface area contributed by atoms with E-state index < -0.39 is 0 Å². The maximum Gasteiger partial charge on any atom is 0.231 e. The lowest BCUT2D eigenvalue weighted by Gasteiger charge is -2.33. The number of piperidine rings is 1. The fraction of sp³-hybridized carbons (Fsp3) is 0.250. The summed E-state index contributed by atoms with van der Waals surface area (Å²) in [5.41, 5.74) is 2.83. The average molecular weight is 363 g/mol. The van der Waals surface area contributed by atoms with Crippen molar-refractivity contribution >= 4 is 11.0 Å². The molecule has 2 aromatic heterocycles. The first kappa shape index (κ1) is 16.0. The van der Waals surface area contributed by atoms with Crippen LogP contribution in [0.2, 0.25) is 0 Å². The Kier molecular flexibility index (Phi) is 3.85. The van der Waals surface area contributed by atoms with Crippen molar-refractivity contribution in [2.75, 3.05) is 18.1 Å². The third kappa shape index (κ3) is 2.95. The van der Waals surface area contributed by atoms with Crippen molar-refractivity contribution in [2.24, 2.45) is 0 Å². The largest absolute Gasteiger partial charge is 0.339 e. The van der Waals surface area contributed by atoms with Gasteiger partial charge < -0.3 is 9.53 Å². The van der Waals surface area contributed by atoms with Crippen LogP contribution in [-0.2, 0) is 0 Å². The van der Waals surface area contributed by atoms with Gasteiger partial charge in [0.05, 0.1) is 17.0 Å². The molecule has 1 atom stereocenters. The Bertz CT molecular complexity index is 1070. The molecule has 1 aliphatic heterocycles. The van der Waals surface area contributed by atoms with E-state index in [1.54, 1.807) is 12.1 Å². The summed E-state index contributed by atoms with van der Waals surface area (Å²) in [6, 6.07) is 14.2. The van der Waals surface area contributed by atoms with E-state index in [4.69, 9.17) is 4.52 Å². The maximum atomic E-state index is 13.1. The molecule has 0 aliphatic carbocycles. The molecule has 2 aromatic carbocycles. The van der Waals surface area contributed by atoms with Crippen LogP contribution in [0, 0.1) is 5.82 Å². The van der Waals surface area contributed by atoms with Gasteiger partial charge in [0.15, 0.2) is 0 Å². The normalized spacial score (nSPS) is 17.5. The highest BCUT2D eigenvalue weighted by Gasteiger charge is 2.27. The van der Waals surface area contributed by atoms with Crippen molar-refractivity contribution in [3.63, 3.8) is 0 Å². The fourth-order valence-corrected chi connectivity index (χ4v) is 3.64. The Hall–Kier alpha value is -3.22. The summed E-state index contributed by atoms with van der Waals surface area (Å²) in [5.74, 6) is 0.998. The summed E-state index contributed by atoms with van der Waals surface area (Å²) in [4.78, 5) is 9.04. The molecule has 0 spiro atoms. The van der Waals surface area contributed by atoms with Gasteiger partial charge in [-0.2, -0.15) is 4.98 Å². The van der Waals surface area contributed by atoms with Crippen molar-refractivity contribution in [1.82, 2.24) is 19.8 Å². The smallest absolute Gasteiger partial charge is 0.231 e. The molecule has 7 heteroatoms. The van der Waals surface area contributed by atoms with Gasteiger partial charge in [-0.25, -0.2) is 14.1 Å². The Morgan fingerprint density at radius 2 is 1.93 bits per heavy atom. The van der Waals surface area contributed by atoms with Crippen LogP contribution in [0.1, 0.15) is 24.7 Å². The molecular weight excluding hydrogens is 345 g/mol. The van der Waals surface area contributed by atoms with Gasteiger partial charge in [-0.3, -0.25) is 0 Å². The van der Waals surface area contributed by atoms with E-state index in [-0.39, 0.29) is 11.7 Å². The molecule has 4 aromatic rings. The molecule has 1 aliphatic rings. The van der Waals surface area contributed by atoms with Crippen LogP contribution < -0.4 is 5.01 Å². The van der Waals surface area contributed by atoms with Crippen LogP contribution in [-0.4, -0.2) is 32.9 Å². The zero-order valence-electron chi connectivity index (χ0n) is 14.6. The van der Waals surface area contributed by atoms with Gasteiger partial charge in [0.25, 0.3) is 0 Å². The lowest BCUT2D eigenvalue weighted by atomic mass is 9.99. The molecule has 136 valence electrons. The molecule has 0 saturated carbocycles. The topological polar surface area (TPSA) is 60.0 Å². The highest BCUT2D eigenvalue weighted by Crippen LogP contribution is 2.28. The predicted octanol–water partition coefficient (Wildman–Crippen LogP) is 3.74. The summed E-state index contributed by atoms with van der Waals surface area (Å²) < 4.78 is 20.8. The zero-order chi connectivity index (χ0) is 18.2. The molecular formula is C20H18FN5O. The van der Waals surface area contributed by atoms with Crippen LogP contribution in [0.5, 0.6) is 0 Å². The van der Waals surface area contributed by atoms with Crippen molar-refractivity contribution in [3.8, 4) is 11.4 Å². The molecule has 1 saturated heterocycles. The van der Waals surface area contributed by atoms with E-state index in [0.29, 0.717) is 11.7 Å². The van der Waals surface area contributed by atoms with Gasteiger partial charge in [-0.1, -0.05) is 17.3 Å². The number of imidazole rings is 1. The molecule has 5 rings (SSSR count). The van der Waals surface area contributed by atoms with Gasteiger partial charge in [0.1, 0.15) is 12.1 Å². The van der Waals surface area contributed by atoms with Crippen LogP contribution in [0.25, 0.3) is 22.4 Å². The highest BCUT2D eigenvalue weighted by molar-refractivity contribution is 5.75. The van der Waals surface area contributed by atoms with E-state index in [1.807, 2.05) is 24.5 Å². The number of fused-ring (bicyclic) bond motifs is 1. The first-order chi connectivity index (χ1) is 13.3. The van der Waals surface area contributed by atoms with Crippen molar-refractivity contribution < 1.29 is 8.91 Å². The molecule has 3 heterocycles. The molecule has 6 nitrogen and oxygen atoms in total. The molecule has 1 fully saturated rings. The van der Waals surface area contributed by atoms with E-state index in [1.165, 1.54) is 12.1 Å². The van der Waals surface area contributed by atoms with Gasteiger partial charge in [0, 0.05) is 18.7 Å². The standard InChI is InChI=1S/C20H18FN5O/c21-16-9-7-14(8-10-16)19-23-20(27-24-19)15-4-3-11-25(12-15)26-13-22-17-5-1-2-6-18(17)26/h1-2,5-10,13,15H,3-4,11-12H2/t15-/m0/s1. The van der Waals surface area contributed by atoms with Crippen LogP contribution in [0.4, 0.5) is 4.39 Å². The van der Waals surface area contributed by atoms with Crippen LogP contribution >= 0.6 is 0 Å². The average Bonchev–Trinajstić information content (AvgIpc) is 3.36. The highest BCUT2D eigenvalue weighted by atomic mass is 19.1. The number of aromatic nitrogens is 4. The van der Waals surface area contributed by atoms with Crippen molar-refractivity contribution in [1.29, 1.82) is 0 Å². The number of hydrogen-bond donors (Lipinski definition) is 0. The second kappa shape index (κ2) is 6.50. The number of nitrogens with zero attached hydrogens (tertiary/aromatic N) is 5. The Morgan fingerprint density at radius 3 is 2.81 bits per heavy atom. The second-order valence-corrected chi connectivity index (χ2v) is 6.79. The first-order valence-corrected chi connectivity index (χ1v) is 9.05. The Labute approximate surface area is 155 Å². The molecule has 0 radical (unpaired) electrons. The predicted molar refractivity (Wildman–Crippen MR) is 99.4 cm³/mol. The van der Waals surface area contributed by atoms with Crippen molar-refractivity contribution in [3.05, 3.63) is 66.6 Å². The third-order valence-electron chi connectivity index (χ3n) is 5.03. The van der Waals surface area contributed by atoms with E-state index >= 15 is 0 Å². The number of para-hydroxylation sites is 2. The molecule has 27 heavy (non-hydrogen) atoms. The quantitative estimate of drug-likeness (QED) is 0.555. The molecule has 0 unspecified atom stereocenters. The van der Waals surface area contributed by atoms with E-state index in [0.717, 1.165) is 42.5 Å². The summed E-state index contributed by atoms with van der Waals surface area (Å²) in [6.07, 6.45) is 3.89. The minimum Gasteiger partial charge on any atom is -0.339 e. The van der Waals surface area contributed by atoms with E-state index in [2.05, 4.69) is 30.9 Å². The Morgan fingerprint density at radius 1 is 1.07 bits per heavy atom. The van der Waals surface area contributed by atoms with Gasteiger partial charge in [-0.05, 0) is 49.2 Å². The summed E-state index contributed by atoms with van der Waals surface area (Å²) in [6.45, 7) is 1.74. The maximum absolute atomic E-state index is 13.1. The fourth-order valence-electron chi connectivity index (χ4n) is 3.64. The first-order valence-electron chi connectivity index (χ1n) is 9.05. The zero-order valence-corrected chi connectivity index (χ0v) is 14.6. The summed E-state index contributed by atoms with van der Waals surface area (Å²) >= 11 is 0. The second-order valence-electron chi connectivity index (χ2n) is 6.79. The van der Waals surface area contributed by atoms with E-state index in [9.17, 15) is 4.39 Å². The lowest BCUT2D eigenvalue weighted by Crippen LogP contribution is -2.42. The SMILES string of the molecule is Fc1ccc(-c2noc([C@H]3CCCN(n4cnc5ccccc54)C3)n2)cc1. The van der Waals surface area contributed by atoms with Gasteiger partial charge in [-0.15, -0.1) is 0 Å². The van der Waals surface area contributed by atoms with Crippen molar-refractivity contribution in [2.45, 2.75) is 18.8 Å². The molecule has 0 N–H and O–H groups in total. The number of halogens is 1. The minimum atomic E-state index is -0.280. The van der Waals surface area contributed by atoms with Crippen LogP contribution in [0.15, 0.2) is 59.4 Å².